The first-order valence-corrected chi connectivity index (χ1v) is 10.5. The quantitative estimate of drug-likeness (QED) is 0.275. The van der Waals surface area contributed by atoms with Gasteiger partial charge in [0.05, 0.1) is 16.8 Å². The molecule has 0 aliphatic rings. The van der Waals surface area contributed by atoms with E-state index in [0.29, 0.717) is 5.02 Å². The van der Waals surface area contributed by atoms with Gasteiger partial charge in [0.1, 0.15) is 0 Å². The molecule has 0 bridgehead atoms. The van der Waals surface area contributed by atoms with Gasteiger partial charge in [-0.05, 0) is 42.7 Å². The van der Waals surface area contributed by atoms with Crippen LogP contribution in [0.4, 0.5) is 5.13 Å². The van der Waals surface area contributed by atoms with Gasteiger partial charge in [0.25, 0.3) is 0 Å². The fraction of sp³-hybridized carbons (Fsp3) is 0.0833. The SMILES string of the molecule is Cc1ccc(-c2nc(N/N=C\c3ccccc3Cl)sc2-c2ccccc2)cc1C. The van der Waals surface area contributed by atoms with Crippen LogP contribution in [-0.4, -0.2) is 11.2 Å². The number of nitrogens with zero attached hydrogens (tertiary/aromatic N) is 2. The lowest BCUT2D eigenvalue weighted by atomic mass is 10.0. The molecule has 4 rings (SSSR count). The summed E-state index contributed by atoms with van der Waals surface area (Å²) in [5.74, 6) is 0. The molecule has 29 heavy (non-hydrogen) atoms. The fourth-order valence-electron chi connectivity index (χ4n) is 2.97. The molecule has 0 aliphatic heterocycles. The number of thiazole rings is 1. The first-order chi connectivity index (χ1) is 14.1. The van der Waals surface area contributed by atoms with Gasteiger partial charge in [0, 0.05) is 16.1 Å². The molecule has 4 aromatic rings. The molecule has 144 valence electrons. The van der Waals surface area contributed by atoms with Crippen molar-refractivity contribution in [2.75, 3.05) is 5.43 Å². The van der Waals surface area contributed by atoms with Gasteiger partial charge in [0.15, 0.2) is 0 Å². The summed E-state index contributed by atoms with van der Waals surface area (Å²) in [7, 11) is 0. The number of hydrogen-bond donors (Lipinski definition) is 1. The molecule has 3 nitrogen and oxygen atoms in total. The summed E-state index contributed by atoms with van der Waals surface area (Å²) in [5.41, 5.74) is 9.65. The molecule has 5 heteroatoms. The summed E-state index contributed by atoms with van der Waals surface area (Å²) >= 11 is 7.78. The minimum absolute atomic E-state index is 0.665. The van der Waals surface area contributed by atoms with Gasteiger partial charge >= 0.3 is 0 Å². The van der Waals surface area contributed by atoms with E-state index in [-0.39, 0.29) is 0 Å². The van der Waals surface area contributed by atoms with Gasteiger partial charge in [0.2, 0.25) is 5.13 Å². The Morgan fingerprint density at radius 1 is 0.897 bits per heavy atom. The van der Waals surface area contributed by atoms with E-state index >= 15 is 0 Å². The maximum absolute atomic E-state index is 6.19. The number of aromatic nitrogens is 1. The first kappa shape index (κ1) is 19.4. The summed E-state index contributed by atoms with van der Waals surface area (Å²) in [5, 5.41) is 5.74. The maximum atomic E-state index is 6.19. The highest BCUT2D eigenvalue weighted by Crippen LogP contribution is 2.39. The van der Waals surface area contributed by atoms with E-state index in [9.17, 15) is 0 Å². The molecule has 0 saturated carbocycles. The van der Waals surface area contributed by atoms with Crippen LogP contribution in [-0.2, 0) is 0 Å². The average molecular weight is 418 g/mol. The van der Waals surface area contributed by atoms with Crippen molar-refractivity contribution in [3.05, 3.63) is 94.5 Å². The predicted molar refractivity (Wildman–Crippen MR) is 125 cm³/mol. The molecule has 0 radical (unpaired) electrons. The van der Waals surface area contributed by atoms with E-state index in [1.165, 1.54) is 11.1 Å². The van der Waals surface area contributed by atoms with Gasteiger partial charge in [-0.1, -0.05) is 83.6 Å². The molecular formula is C24H20ClN3S. The highest BCUT2D eigenvalue weighted by molar-refractivity contribution is 7.19. The molecule has 0 spiro atoms. The zero-order valence-corrected chi connectivity index (χ0v) is 17.8. The summed E-state index contributed by atoms with van der Waals surface area (Å²) < 4.78 is 0. The Labute approximate surface area is 179 Å². The van der Waals surface area contributed by atoms with Crippen LogP contribution in [0.25, 0.3) is 21.7 Å². The second-order valence-corrected chi connectivity index (χ2v) is 8.16. The number of rotatable bonds is 5. The first-order valence-electron chi connectivity index (χ1n) is 9.29. The van der Waals surface area contributed by atoms with Crippen molar-refractivity contribution in [1.29, 1.82) is 0 Å². The van der Waals surface area contributed by atoms with Crippen LogP contribution in [0.2, 0.25) is 5.02 Å². The van der Waals surface area contributed by atoms with E-state index in [2.05, 4.69) is 54.7 Å². The molecular weight excluding hydrogens is 398 g/mol. The number of aryl methyl sites for hydroxylation is 2. The van der Waals surface area contributed by atoms with E-state index in [4.69, 9.17) is 16.6 Å². The van der Waals surface area contributed by atoms with Crippen LogP contribution in [0, 0.1) is 13.8 Å². The Bertz CT molecular complexity index is 1170. The van der Waals surface area contributed by atoms with Crippen molar-refractivity contribution < 1.29 is 0 Å². The van der Waals surface area contributed by atoms with E-state index in [1.54, 1.807) is 17.6 Å². The Kier molecular flexibility index (Phi) is 5.74. The van der Waals surface area contributed by atoms with Crippen molar-refractivity contribution in [3.63, 3.8) is 0 Å². The molecule has 1 aromatic heterocycles. The third-order valence-electron chi connectivity index (χ3n) is 4.71. The Balaban J connectivity index is 1.70. The standard InChI is InChI=1S/C24H20ClN3S/c1-16-12-13-19(14-17(16)2)22-23(18-8-4-3-5-9-18)29-24(27-22)28-26-15-20-10-6-7-11-21(20)25/h3-15H,1-2H3,(H,27,28)/b26-15-. The van der Waals surface area contributed by atoms with Crippen LogP contribution in [0.5, 0.6) is 0 Å². The monoisotopic (exact) mass is 417 g/mol. The smallest absolute Gasteiger partial charge is 0.204 e. The zero-order valence-electron chi connectivity index (χ0n) is 16.2. The van der Waals surface area contributed by atoms with Gasteiger partial charge < -0.3 is 0 Å². The second-order valence-electron chi connectivity index (χ2n) is 6.75. The van der Waals surface area contributed by atoms with Crippen molar-refractivity contribution in [2.24, 2.45) is 5.10 Å². The lowest BCUT2D eigenvalue weighted by Gasteiger charge is -2.05. The molecule has 0 aliphatic carbocycles. The van der Waals surface area contributed by atoms with Crippen LogP contribution in [0.3, 0.4) is 0 Å². The molecule has 3 aromatic carbocycles. The molecule has 0 fully saturated rings. The van der Waals surface area contributed by atoms with Gasteiger partial charge in [-0.15, -0.1) is 0 Å². The summed E-state index contributed by atoms with van der Waals surface area (Å²) in [4.78, 5) is 5.96. The molecule has 0 unspecified atom stereocenters. The lowest BCUT2D eigenvalue weighted by Crippen LogP contribution is -1.91. The second kappa shape index (κ2) is 8.60. The van der Waals surface area contributed by atoms with E-state index in [0.717, 1.165) is 32.4 Å². The summed E-state index contributed by atoms with van der Waals surface area (Å²) in [6.45, 7) is 4.25. The molecule has 0 amide bonds. The topological polar surface area (TPSA) is 37.3 Å². The normalized spacial score (nSPS) is 11.1. The number of hydrogen-bond acceptors (Lipinski definition) is 4. The van der Waals surface area contributed by atoms with E-state index < -0.39 is 0 Å². The van der Waals surface area contributed by atoms with Crippen molar-refractivity contribution in [2.45, 2.75) is 13.8 Å². The Morgan fingerprint density at radius 2 is 1.66 bits per heavy atom. The number of nitrogens with one attached hydrogen (secondary N) is 1. The van der Waals surface area contributed by atoms with Gasteiger partial charge in [-0.25, -0.2) is 4.98 Å². The van der Waals surface area contributed by atoms with E-state index in [1.807, 2.05) is 42.5 Å². The average Bonchev–Trinajstić information content (AvgIpc) is 3.16. The Hall–Kier alpha value is -2.95. The van der Waals surface area contributed by atoms with Gasteiger partial charge in [-0.3, -0.25) is 5.43 Å². The largest absolute Gasteiger partial charge is 0.253 e. The third kappa shape index (κ3) is 4.39. The maximum Gasteiger partial charge on any atom is 0.204 e. The highest BCUT2D eigenvalue weighted by Gasteiger charge is 2.15. The molecule has 0 saturated heterocycles. The summed E-state index contributed by atoms with van der Waals surface area (Å²) in [6.07, 6.45) is 1.71. The lowest BCUT2D eigenvalue weighted by molar-refractivity contribution is 1.28. The predicted octanol–water partition coefficient (Wildman–Crippen LogP) is 7.19. The molecule has 0 atom stereocenters. The van der Waals surface area contributed by atoms with Crippen molar-refractivity contribution in [3.8, 4) is 21.7 Å². The minimum Gasteiger partial charge on any atom is -0.253 e. The van der Waals surface area contributed by atoms with Crippen molar-refractivity contribution in [1.82, 2.24) is 4.98 Å². The third-order valence-corrected chi connectivity index (χ3v) is 6.07. The van der Waals surface area contributed by atoms with Crippen LogP contribution in [0.15, 0.2) is 77.9 Å². The number of halogens is 1. The number of benzene rings is 3. The number of anilines is 1. The molecule has 1 heterocycles. The molecule has 1 N–H and O–H groups in total. The van der Waals surface area contributed by atoms with Crippen molar-refractivity contribution >= 4 is 34.3 Å². The Morgan fingerprint density at radius 3 is 2.41 bits per heavy atom. The van der Waals surface area contributed by atoms with Crippen LogP contribution < -0.4 is 5.43 Å². The van der Waals surface area contributed by atoms with Crippen LogP contribution >= 0.6 is 22.9 Å². The zero-order chi connectivity index (χ0) is 20.2. The van der Waals surface area contributed by atoms with Crippen LogP contribution in [0.1, 0.15) is 16.7 Å². The highest BCUT2D eigenvalue weighted by atomic mass is 35.5. The minimum atomic E-state index is 0.665. The summed E-state index contributed by atoms with van der Waals surface area (Å²) in [6, 6.07) is 24.4. The fourth-order valence-corrected chi connectivity index (χ4v) is 4.10. The number of hydrazone groups is 1. The van der Waals surface area contributed by atoms with Gasteiger partial charge in [-0.2, -0.15) is 5.10 Å².